The summed E-state index contributed by atoms with van der Waals surface area (Å²) in [6.07, 6.45) is 5.12. The van der Waals surface area contributed by atoms with E-state index in [1.54, 1.807) is 6.20 Å². The Kier molecular flexibility index (Phi) is 4.67. The Balaban J connectivity index is 1.50. The van der Waals surface area contributed by atoms with Gasteiger partial charge < -0.3 is 10.6 Å². The second-order valence-electron chi connectivity index (χ2n) is 8.82. The summed E-state index contributed by atoms with van der Waals surface area (Å²) in [6, 6.07) is 7.97. The second-order valence-corrected chi connectivity index (χ2v) is 9.85. The summed E-state index contributed by atoms with van der Waals surface area (Å²) in [5.41, 5.74) is 1.79. The van der Waals surface area contributed by atoms with Crippen LogP contribution in [0.1, 0.15) is 40.5 Å². The van der Waals surface area contributed by atoms with Crippen LogP contribution in [0, 0.1) is 5.92 Å². The normalized spacial score (nSPS) is 18.9. The highest BCUT2D eigenvalue weighted by atomic mass is 32.1. The number of anilines is 1. The third-order valence-corrected chi connectivity index (χ3v) is 6.06. The van der Waals surface area contributed by atoms with Crippen LogP contribution in [0.2, 0.25) is 0 Å². The van der Waals surface area contributed by atoms with Crippen molar-refractivity contribution in [3.8, 4) is 10.4 Å². The van der Waals surface area contributed by atoms with E-state index in [9.17, 15) is 4.79 Å². The molecule has 1 amide bonds. The standard InChI is InChI=1S/C21H25N5OS/c1-20(2)10-15(11-21(3,4)26-20)18(27)24-19-22-12-17(28-19)14-5-6-16-13(9-14)7-8-23-25-16/h5-9,12,15,26H,10-11H2,1-4H3,(H,22,24,27). The predicted octanol–water partition coefficient (Wildman–Crippen LogP) is 4.25. The first-order valence-corrected chi connectivity index (χ1v) is 10.3. The Labute approximate surface area is 168 Å². The fourth-order valence-corrected chi connectivity index (χ4v) is 5.14. The predicted molar refractivity (Wildman–Crippen MR) is 113 cm³/mol. The highest BCUT2D eigenvalue weighted by molar-refractivity contribution is 7.19. The van der Waals surface area contributed by atoms with Gasteiger partial charge in [-0.05, 0) is 64.3 Å². The van der Waals surface area contributed by atoms with Crippen molar-refractivity contribution in [2.24, 2.45) is 5.92 Å². The van der Waals surface area contributed by atoms with Crippen LogP contribution in [0.25, 0.3) is 21.3 Å². The van der Waals surface area contributed by atoms with Crippen LogP contribution in [0.15, 0.2) is 36.7 Å². The molecule has 0 radical (unpaired) electrons. The SMILES string of the molecule is CC1(C)CC(C(=O)Nc2ncc(-c3ccc4nnccc4c3)s2)CC(C)(C)N1. The van der Waals surface area contributed by atoms with Crippen molar-refractivity contribution in [3.05, 3.63) is 36.7 Å². The minimum atomic E-state index is -0.0637. The maximum Gasteiger partial charge on any atom is 0.229 e. The van der Waals surface area contributed by atoms with Gasteiger partial charge in [-0.25, -0.2) is 4.98 Å². The highest BCUT2D eigenvalue weighted by Crippen LogP contribution is 2.35. The van der Waals surface area contributed by atoms with E-state index in [1.165, 1.54) is 11.3 Å². The van der Waals surface area contributed by atoms with E-state index in [0.717, 1.165) is 34.2 Å². The molecule has 1 aromatic carbocycles. The van der Waals surface area contributed by atoms with Gasteiger partial charge in [-0.3, -0.25) is 4.79 Å². The summed E-state index contributed by atoms with van der Waals surface area (Å²) in [4.78, 5) is 18.3. The summed E-state index contributed by atoms with van der Waals surface area (Å²) in [6.45, 7) is 8.61. The largest absolute Gasteiger partial charge is 0.307 e. The van der Waals surface area contributed by atoms with Gasteiger partial charge in [0.2, 0.25) is 5.91 Å². The first-order chi connectivity index (χ1) is 13.2. The average Bonchev–Trinajstić information content (AvgIpc) is 3.07. The lowest BCUT2D eigenvalue weighted by Gasteiger charge is -2.45. The third kappa shape index (κ3) is 4.05. The maximum atomic E-state index is 12.9. The van der Waals surface area contributed by atoms with E-state index in [4.69, 9.17) is 0 Å². The molecule has 3 heterocycles. The number of nitrogens with zero attached hydrogens (tertiary/aromatic N) is 3. The van der Waals surface area contributed by atoms with Crippen LogP contribution >= 0.6 is 11.3 Å². The lowest BCUT2D eigenvalue weighted by Crippen LogP contribution is -2.59. The molecule has 0 saturated carbocycles. The average molecular weight is 396 g/mol. The van der Waals surface area contributed by atoms with Crippen LogP contribution < -0.4 is 10.6 Å². The van der Waals surface area contributed by atoms with E-state index < -0.39 is 0 Å². The lowest BCUT2D eigenvalue weighted by atomic mass is 9.75. The fourth-order valence-electron chi connectivity index (χ4n) is 4.32. The zero-order valence-electron chi connectivity index (χ0n) is 16.6. The van der Waals surface area contributed by atoms with Crippen LogP contribution in [-0.4, -0.2) is 32.2 Å². The van der Waals surface area contributed by atoms with E-state index >= 15 is 0 Å². The van der Waals surface area contributed by atoms with E-state index in [0.29, 0.717) is 5.13 Å². The van der Waals surface area contributed by atoms with Gasteiger partial charge in [0, 0.05) is 28.6 Å². The quantitative estimate of drug-likeness (QED) is 0.693. The number of aromatic nitrogens is 3. The van der Waals surface area contributed by atoms with Crippen LogP contribution in [-0.2, 0) is 4.79 Å². The molecule has 7 heteroatoms. The fraction of sp³-hybridized carbons (Fsp3) is 0.429. The number of rotatable bonds is 3. The molecular weight excluding hydrogens is 370 g/mol. The molecule has 2 N–H and O–H groups in total. The van der Waals surface area contributed by atoms with Gasteiger partial charge in [0.1, 0.15) is 0 Å². The zero-order valence-corrected chi connectivity index (χ0v) is 17.4. The van der Waals surface area contributed by atoms with Crippen LogP contribution in [0.4, 0.5) is 5.13 Å². The first kappa shape index (κ1) is 19.0. The molecule has 0 aliphatic carbocycles. The molecule has 0 bridgehead atoms. The van der Waals surface area contributed by atoms with Crippen molar-refractivity contribution in [1.82, 2.24) is 20.5 Å². The number of carbonyl (C=O) groups is 1. The monoisotopic (exact) mass is 395 g/mol. The second kappa shape index (κ2) is 6.90. The smallest absolute Gasteiger partial charge is 0.229 e. The first-order valence-electron chi connectivity index (χ1n) is 9.49. The molecule has 2 aromatic heterocycles. The molecule has 1 aliphatic heterocycles. The number of nitrogens with one attached hydrogen (secondary N) is 2. The van der Waals surface area contributed by atoms with Gasteiger partial charge in [-0.1, -0.05) is 17.4 Å². The number of carbonyl (C=O) groups excluding carboxylic acids is 1. The number of piperidine rings is 1. The maximum absolute atomic E-state index is 12.9. The molecule has 146 valence electrons. The van der Waals surface area contributed by atoms with Crippen molar-refractivity contribution < 1.29 is 4.79 Å². The summed E-state index contributed by atoms with van der Waals surface area (Å²) in [5, 5.41) is 16.3. The Morgan fingerprint density at radius 2 is 1.93 bits per heavy atom. The van der Waals surface area contributed by atoms with Gasteiger partial charge in [0.05, 0.1) is 16.6 Å². The Hall–Kier alpha value is -2.38. The number of amides is 1. The van der Waals surface area contributed by atoms with Gasteiger partial charge in [0.15, 0.2) is 5.13 Å². The highest BCUT2D eigenvalue weighted by Gasteiger charge is 2.40. The van der Waals surface area contributed by atoms with Crippen molar-refractivity contribution in [2.75, 3.05) is 5.32 Å². The number of fused-ring (bicyclic) bond motifs is 1. The van der Waals surface area contributed by atoms with Crippen molar-refractivity contribution >= 4 is 33.3 Å². The number of hydrogen-bond acceptors (Lipinski definition) is 6. The summed E-state index contributed by atoms with van der Waals surface area (Å²) in [5.74, 6) is 0.0233. The lowest BCUT2D eigenvalue weighted by molar-refractivity contribution is -0.122. The molecule has 1 aliphatic rings. The van der Waals surface area contributed by atoms with Crippen LogP contribution in [0.5, 0.6) is 0 Å². The zero-order chi connectivity index (χ0) is 19.9. The van der Waals surface area contributed by atoms with E-state index in [2.05, 4.69) is 59.6 Å². The van der Waals surface area contributed by atoms with Gasteiger partial charge in [-0.2, -0.15) is 10.2 Å². The Morgan fingerprint density at radius 3 is 2.68 bits per heavy atom. The number of benzene rings is 1. The van der Waals surface area contributed by atoms with Crippen molar-refractivity contribution in [1.29, 1.82) is 0 Å². The third-order valence-electron chi connectivity index (χ3n) is 5.10. The van der Waals surface area contributed by atoms with Crippen molar-refractivity contribution in [3.63, 3.8) is 0 Å². The topological polar surface area (TPSA) is 79.8 Å². The Bertz CT molecular complexity index is 1010. The molecular formula is C21H25N5OS. The minimum Gasteiger partial charge on any atom is -0.307 e. The summed E-state index contributed by atoms with van der Waals surface area (Å²) in [7, 11) is 0. The molecule has 3 aromatic rings. The molecule has 0 spiro atoms. The molecule has 28 heavy (non-hydrogen) atoms. The van der Waals surface area contributed by atoms with E-state index in [1.807, 2.05) is 24.4 Å². The van der Waals surface area contributed by atoms with Crippen LogP contribution in [0.3, 0.4) is 0 Å². The molecule has 6 nitrogen and oxygen atoms in total. The number of hydrogen-bond donors (Lipinski definition) is 2. The Morgan fingerprint density at radius 1 is 1.18 bits per heavy atom. The van der Waals surface area contributed by atoms with Gasteiger partial charge >= 0.3 is 0 Å². The summed E-state index contributed by atoms with van der Waals surface area (Å²) < 4.78 is 0. The van der Waals surface area contributed by atoms with Gasteiger partial charge in [0.25, 0.3) is 0 Å². The molecule has 4 rings (SSSR count). The van der Waals surface area contributed by atoms with Crippen molar-refractivity contribution in [2.45, 2.75) is 51.6 Å². The number of thiazole rings is 1. The van der Waals surface area contributed by atoms with E-state index in [-0.39, 0.29) is 22.9 Å². The molecule has 0 atom stereocenters. The molecule has 0 unspecified atom stereocenters. The molecule has 1 saturated heterocycles. The minimum absolute atomic E-state index is 0.0298. The van der Waals surface area contributed by atoms with Gasteiger partial charge in [-0.15, -0.1) is 0 Å². The molecule has 1 fully saturated rings. The summed E-state index contributed by atoms with van der Waals surface area (Å²) >= 11 is 1.49.